The third-order valence-electron chi connectivity index (χ3n) is 9.26. The number of hydrogen-bond acceptors (Lipinski definition) is 10. The highest BCUT2D eigenvalue weighted by atomic mass is 79.9. The molecule has 4 N–H and O–H groups in total. The van der Waals surface area contributed by atoms with Gasteiger partial charge in [-0.1, -0.05) is 43.0 Å². The Bertz CT molecular complexity index is 2230. The minimum absolute atomic E-state index is 0. The number of pyridine rings is 2. The van der Waals surface area contributed by atoms with E-state index in [1.54, 1.807) is 39.7 Å². The molecule has 2 amide bonds. The quantitative estimate of drug-likeness (QED) is 0.0874. The number of thiazole rings is 1. The van der Waals surface area contributed by atoms with Crippen LogP contribution in [0.25, 0.3) is 33.3 Å². The van der Waals surface area contributed by atoms with Gasteiger partial charge in [-0.25, -0.2) is 24.5 Å². The summed E-state index contributed by atoms with van der Waals surface area (Å²) in [7, 11) is 0. The van der Waals surface area contributed by atoms with Crippen molar-refractivity contribution >= 4 is 116 Å². The standard InChI is InChI=1S/C20H23BrN4O2S.C11H20N2O2S.C9H6Br2N2O.2CH4/c1-20(2,3)27-19(26)25-6-4-12(5-7-25)18-24-16(11-28-18)15-10-23-17-14(15)8-13(21)9-22-17;1-11(2,3)15-10(14)13-6-4-8(5-7-13)9(12)16;10-2-8(14)7-4-13-9-6(7)1-5(11)3-12-9;;/h8-12H,4-7H2,1-3H3,(H,22,23);8H,4-7H2,1-3H3,(H2,12,16);1,3-4H,2H2,(H,12,13);2*1H4. The molecule has 0 bridgehead atoms. The van der Waals surface area contributed by atoms with Gasteiger partial charge in [0, 0.05) is 99.0 Å². The summed E-state index contributed by atoms with van der Waals surface area (Å²) in [6.45, 7) is 14.1. The average molecular weight is 1060 g/mol. The Hall–Kier alpha value is -3.45. The van der Waals surface area contributed by atoms with E-state index in [0.717, 1.165) is 73.0 Å². The Labute approximate surface area is 387 Å². The second-order valence-corrected chi connectivity index (χ2v) is 19.8. The van der Waals surface area contributed by atoms with Crippen LogP contribution in [-0.2, 0) is 9.47 Å². The van der Waals surface area contributed by atoms with Crippen molar-refractivity contribution in [2.45, 2.75) is 99.2 Å². The van der Waals surface area contributed by atoms with Gasteiger partial charge in [0.1, 0.15) is 22.5 Å². The van der Waals surface area contributed by atoms with Crippen LogP contribution in [0.15, 0.2) is 51.2 Å². The summed E-state index contributed by atoms with van der Waals surface area (Å²) in [6.07, 6.45) is 10.2. The Morgan fingerprint density at radius 1 is 0.833 bits per heavy atom. The third kappa shape index (κ3) is 14.0. The number of rotatable bonds is 5. The Kier molecular flexibility index (Phi) is 18.7. The molecule has 60 heavy (non-hydrogen) atoms. The normalized spacial score (nSPS) is 14.8. The Morgan fingerprint density at radius 3 is 1.82 bits per heavy atom. The number of aromatic nitrogens is 5. The summed E-state index contributed by atoms with van der Waals surface area (Å²) >= 11 is 16.6. The van der Waals surface area contributed by atoms with E-state index in [2.05, 4.69) is 79.2 Å². The lowest BCUT2D eigenvalue weighted by molar-refractivity contribution is 0.0193. The number of nitrogens with one attached hydrogen (secondary N) is 2. The summed E-state index contributed by atoms with van der Waals surface area (Å²) in [5, 5.41) is 5.48. The first kappa shape index (κ1) is 50.9. The van der Waals surface area contributed by atoms with E-state index in [0.29, 0.717) is 48.0 Å². The maximum absolute atomic E-state index is 12.2. The van der Waals surface area contributed by atoms with Crippen LogP contribution < -0.4 is 5.73 Å². The molecule has 18 heteroatoms. The van der Waals surface area contributed by atoms with Gasteiger partial charge < -0.3 is 35.0 Å². The second kappa shape index (κ2) is 22.1. The minimum Gasteiger partial charge on any atom is -0.444 e. The van der Waals surface area contributed by atoms with Gasteiger partial charge in [0.25, 0.3) is 0 Å². The van der Waals surface area contributed by atoms with E-state index in [-0.39, 0.29) is 38.7 Å². The number of ether oxygens (including phenoxy) is 2. The van der Waals surface area contributed by atoms with E-state index < -0.39 is 11.2 Å². The highest BCUT2D eigenvalue weighted by Crippen LogP contribution is 2.36. The topological polar surface area (TPSA) is 172 Å². The molecule has 0 saturated carbocycles. The molecule has 5 aromatic rings. The van der Waals surface area contributed by atoms with Gasteiger partial charge >= 0.3 is 12.2 Å². The molecule has 0 atom stereocenters. The molecule has 0 unspecified atom stereocenters. The molecular weight excluding hydrogens is 1000 g/mol. The van der Waals surface area contributed by atoms with E-state index >= 15 is 0 Å². The van der Waals surface area contributed by atoms with Crippen LogP contribution in [0.1, 0.15) is 103 Å². The number of Topliss-reactive ketones (excluding diaryl/α,β-unsaturated/α-hetero) is 1. The number of carbonyl (C=O) groups excluding carboxylic acids is 3. The zero-order chi connectivity index (χ0) is 42.4. The smallest absolute Gasteiger partial charge is 0.410 e. The molecule has 2 saturated heterocycles. The number of thiocarbonyl (C=S) groups is 1. The Balaban J connectivity index is 0.000000257. The number of amides is 2. The first-order valence-electron chi connectivity index (χ1n) is 18.9. The monoisotopic (exact) mass is 1050 g/mol. The van der Waals surface area contributed by atoms with Crippen molar-refractivity contribution < 1.29 is 23.9 Å². The van der Waals surface area contributed by atoms with Gasteiger partial charge in [-0.05, 0) is 111 Å². The number of ketones is 1. The van der Waals surface area contributed by atoms with Crippen molar-refractivity contribution in [1.82, 2.24) is 34.7 Å². The third-order valence-corrected chi connectivity index (χ3v) is 12.0. The van der Waals surface area contributed by atoms with Crippen molar-refractivity contribution in [3.63, 3.8) is 0 Å². The number of likely N-dealkylation sites (tertiary alicyclic amines) is 2. The first-order valence-corrected chi connectivity index (χ1v) is 22.9. The zero-order valence-corrected chi connectivity index (χ0v) is 39.8. The lowest BCUT2D eigenvalue weighted by atomic mass is 9.97. The number of alkyl halides is 1. The molecule has 13 nitrogen and oxygen atoms in total. The van der Waals surface area contributed by atoms with E-state index in [9.17, 15) is 14.4 Å². The molecule has 0 aliphatic carbocycles. The molecule has 0 radical (unpaired) electrons. The average Bonchev–Trinajstić information content (AvgIpc) is 3.92. The van der Waals surface area contributed by atoms with Crippen LogP contribution in [0, 0.1) is 5.92 Å². The van der Waals surface area contributed by atoms with Crippen molar-refractivity contribution in [1.29, 1.82) is 0 Å². The molecule has 0 spiro atoms. The van der Waals surface area contributed by atoms with Crippen molar-refractivity contribution in [3.8, 4) is 11.3 Å². The van der Waals surface area contributed by atoms with E-state index in [1.165, 1.54) is 0 Å². The molecule has 5 aromatic heterocycles. The number of nitrogens with zero attached hydrogens (tertiary/aromatic N) is 5. The Morgan fingerprint density at radius 2 is 1.32 bits per heavy atom. The van der Waals surface area contributed by atoms with Gasteiger partial charge in [-0.2, -0.15) is 0 Å². The molecule has 2 fully saturated rings. The molecule has 7 rings (SSSR count). The summed E-state index contributed by atoms with van der Waals surface area (Å²) in [5.74, 6) is 0.706. The molecular formula is C42H57Br3N8O5S2. The second-order valence-electron chi connectivity index (χ2n) is 16.0. The highest BCUT2D eigenvalue weighted by molar-refractivity contribution is 9.10. The van der Waals surface area contributed by atoms with Crippen LogP contribution in [0.3, 0.4) is 0 Å². The fourth-order valence-electron chi connectivity index (χ4n) is 6.38. The van der Waals surface area contributed by atoms with Crippen LogP contribution in [0.5, 0.6) is 0 Å². The number of H-pyrrole nitrogens is 2. The lowest BCUT2D eigenvalue weighted by Crippen LogP contribution is -2.43. The van der Waals surface area contributed by atoms with Crippen molar-refractivity contribution in [2.75, 3.05) is 31.5 Å². The number of nitrogens with two attached hydrogens (primary N) is 1. The first-order chi connectivity index (χ1) is 27.3. The number of aromatic amines is 2. The molecule has 0 aromatic carbocycles. The molecule has 2 aliphatic rings. The fourth-order valence-corrected chi connectivity index (χ4v) is 8.57. The fraction of sp³-hybridized carbons (Fsp3) is 0.500. The minimum atomic E-state index is -0.457. The van der Waals surface area contributed by atoms with Crippen molar-refractivity contribution in [3.05, 3.63) is 61.8 Å². The van der Waals surface area contributed by atoms with Gasteiger partial charge in [-0.15, -0.1) is 11.3 Å². The SMILES string of the molecule is C.C.CC(C)(C)OC(=O)N1CCC(C(N)=S)CC1.CC(C)(C)OC(=O)N1CCC(c2nc(-c3c[nH]c4ncc(Br)cc34)cs2)CC1.O=C(CBr)c1c[nH]c2ncc(Br)cc12. The van der Waals surface area contributed by atoms with Crippen LogP contribution in [0.2, 0.25) is 0 Å². The molecule has 328 valence electrons. The van der Waals surface area contributed by atoms with Crippen LogP contribution in [-0.4, -0.2) is 100 Å². The summed E-state index contributed by atoms with van der Waals surface area (Å²) in [6, 6.07) is 3.95. The maximum atomic E-state index is 12.2. The largest absolute Gasteiger partial charge is 0.444 e. The molecule has 2 aliphatic heterocycles. The zero-order valence-electron chi connectivity index (χ0n) is 33.4. The predicted octanol–water partition coefficient (Wildman–Crippen LogP) is 11.7. The van der Waals surface area contributed by atoms with E-state index in [1.807, 2.05) is 53.8 Å². The molecule has 7 heterocycles. The number of hydrogen-bond donors (Lipinski definition) is 3. The van der Waals surface area contributed by atoms with Gasteiger partial charge in [0.15, 0.2) is 5.78 Å². The van der Waals surface area contributed by atoms with Gasteiger partial charge in [0.2, 0.25) is 0 Å². The summed E-state index contributed by atoms with van der Waals surface area (Å²) < 4.78 is 12.6. The summed E-state index contributed by atoms with van der Waals surface area (Å²) in [4.78, 5) is 59.2. The number of halogens is 3. The predicted molar refractivity (Wildman–Crippen MR) is 257 cm³/mol. The van der Waals surface area contributed by atoms with Gasteiger partial charge in [-0.3, -0.25) is 4.79 Å². The maximum Gasteiger partial charge on any atom is 0.410 e. The summed E-state index contributed by atoms with van der Waals surface area (Å²) in [5.41, 5.74) is 9.00. The number of piperidine rings is 2. The van der Waals surface area contributed by atoms with Gasteiger partial charge in [0.05, 0.1) is 21.0 Å². The number of fused-ring (bicyclic) bond motifs is 2. The number of carbonyl (C=O) groups is 3. The van der Waals surface area contributed by atoms with Crippen LogP contribution >= 0.6 is 71.3 Å². The highest BCUT2D eigenvalue weighted by Gasteiger charge is 2.30. The van der Waals surface area contributed by atoms with E-state index in [4.69, 9.17) is 32.4 Å². The van der Waals surface area contributed by atoms with Crippen molar-refractivity contribution in [2.24, 2.45) is 11.7 Å². The lowest BCUT2D eigenvalue weighted by Gasteiger charge is -2.33. The van der Waals surface area contributed by atoms with Crippen LogP contribution in [0.4, 0.5) is 9.59 Å².